The van der Waals surface area contributed by atoms with Crippen molar-refractivity contribution in [3.05, 3.63) is 39.3 Å². The van der Waals surface area contributed by atoms with E-state index in [1.807, 2.05) is 0 Å². The first kappa shape index (κ1) is 22.3. The van der Waals surface area contributed by atoms with Crippen LogP contribution in [0, 0.1) is 11.7 Å². The number of aryl methyl sites for hydroxylation is 1. The van der Waals surface area contributed by atoms with E-state index in [-0.39, 0.29) is 11.7 Å². The van der Waals surface area contributed by atoms with Gasteiger partial charge in [0.2, 0.25) is 11.8 Å². The normalized spacial score (nSPS) is 19.3. The third-order valence-corrected chi connectivity index (χ3v) is 5.61. The summed E-state index contributed by atoms with van der Waals surface area (Å²) in [5, 5.41) is 6.46. The van der Waals surface area contributed by atoms with Gasteiger partial charge in [0.05, 0.1) is 5.69 Å². The maximum Gasteiger partial charge on any atom is 0.573 e. The topological polar surface area (TPSA) is 76.5 Å². The van der Waals surface area contributed by atoms with E-state index in [9.17, 15) is 27.2 Å². The summed E-state index contributed by atoms with van der Waals surface area (Å²) in [6.07, 6.45) is -5.18. The average molecular weight is 514 g/mol. The van der Waals surface area contributed by atoms with Crippen molar-refractivity contribution >= 4 is 45.0 Å². The zero-order valence-corrected chi connectivity index (χ0v) is 17.8. The number of benzene rings is 1. The first-order valence-electron chi connectivity index (χ1n) is 8.38. The van der Waals surface area contributed by atoms with E-state index < -0.39 is 47.3 Å². The molecule has 1 N–H and O–H groups in total. The molecule has 1 aromatic carbocycles. The number of likely N-dealkylation sites (tertiary alicyclic amines) is 1. The van der Waals surface area contributed by atoms with Gasteiger partial charge in [0.1, 0.15) is 15.7 Å². The Morgan fingerprint density at radius 2 is 2.03 bits per heavy atom. The van der Waals surface area contributed by atoms with Crippen molar-refractivity contribution in [2.45, 2.75) is 12.3 Å². The molecule has 1 aliphatic heterocycles. The zero-order chi connectivity index (χ0) is 22.4. The molecule has 0 saturated carbocycles. The molecule has 3 rings (SSSR count). The third kappa shape index (κ3) is 4.24. The highest BCUT2D eigenvalue weighted by Crippen LogP contribution is 2.41. The molecule has 0 bridgehead atoms. The molecule has 2 amide bonds. The standard InChI is InChI=1S/C17H14BrClF4N4O3/c1-26-6-7(10-13(18)25-27(2)14(10)19)11(16(26)29)15(28)24-9-5-3-4-8(20)12(9)30-17(21,22)23/h3-5,7,11H,6H2,1-2H3,(H,24,28)/t7-,11+/m1/s1. The predicted molar refractivity (Wildman–Crippen MR) is 101 cm³/mol. The van der Waals surface area contributed by atoms with Crippen LogP contribution in [-0.2, 0) is 16.6 Å². The first-order chi connectivity index (χ1) is 13.9. The average Bonchev–Trinajstić information content (AvgIpc) is 3.05. The van der Waals surface area contributed by atoms with Crippen LogP contribution < -0.4 is 10.1 Å². The number of ether oxygens (including phenoxy) is 1. The number of likely N-dealkylation sites (N-methyl/N-ethyl adjacent to an activating group) is 1. The van der Waals surface area contributed by atoms with Crippen molar-refractivity contribution in [3.63, 3.8) is 0 Å². The van der Waals surface area contributed by atoms with Gasteiger partial charge in [-0.3, -0.25) is 14.3 Å². The van der Waals surface area contributed by atoms with E-state index in [0.717, 1.165) is 18.2 Å². The summed E-state index contributed by atoms with van der Waals surface area (Å²) in [5.41, 5.74) is -0.155. The second-order valence-electron chi connectivity index (χ2n) is 6.58. The number of hydrogen-bond acceptors (Lipinski definition) is 4. The van der Waals surface area contributed by atoms with Crippen molar-refractivity contribution < 1.29 is 31.9 Å². The Labute approximate surface area is 181 Å². The minimum Gasteiger partial charge on any atom is -0.400 e. The molecule has 0 spiro atoms. The van der Waals surface area contributed by atoms with Gasteiger partial charge in [-0.2, -0.15) is 5.10 Å². The molecule has 0 unspecified atom stereocenters. The number of carbonyl (C=O) groups is 2. The van der Waals surface area contributed by atoms with Crippen LogP contribution in [0.4, 0.5) is 23.2 Å². The minimum atomic E-state index is -5.18. The Morgan fingerprint density at radius 1 is 1.37 bits per heavy atom. The number of amides is 2. The van der Waals surface area contributed by atoms with E-state index >= 15 is 0 Å². The summed E-state index contributed by atoms with van der Waals surface area (Å²) < 4.78 is 57.2. The van der Waals surface area contributed by atoms with Crippen LogP contribution in [0.5, 0.6) is 5.75 Å². The number of rotatable bonds is 4. The van der Waals surface area contributed by atoms with Gasteiger partial charge in [-0.15, -0.1) is 13.2 Å². The van der Waals surface area contributed by atoms with E-state index in [4.69, 9.17) is 11.6 Å². The minimum absolute atomic E-state index is 0.121. The lowest BCUT2D eigenvalue weighted by Crippen LogP contribution is -2.33. The highest BCUT2D eigenvalue weighted by atomic mass is 79.9. The van der Waals surface area contributed by atoms with Crippen LogP contribution >= 0.6 is 27.5 Å². The predicted octanol–water partition coefficient (Wildman–Crippen LogP) is 3.68. The van der Waals surface area contributed by atoms with E-state index in [2.05, 4.69) is 31.1 Å². The molecule has 162 valence electrons. The fourth-order valence-corrected chi connectivity index (χ4v) is 4.39. The van der Waals surface area contributed by atoms with Crippen LogP contribution in [0.3, 0.4) is 0 Å². The SMILES string of the molecule is CN1C[C@H](c2c(Br)nn(C)c2Cl)[C@@H](C(=O)Nc2cccc(F)c2OC(F)(F)F)C1=O. The van der Waals surface area contributed by atoms with E-state index in [0.29, 0.717) is 10.2 Å². The summed E-state index contributed by atoms with van der Waals surface area (Å²) in [6.45, 7) is 0.121. The van der Waals surface area contributed by atoms with E-state index in [1.54, 1.807) is 7.05 Å². The first-order valence-corrected chi connectivity index (χ1v) is 9.55. The van der Waals surface area contributed by atoms with Gasteiger partial charge in [-0.05, 0) is 28.1 Å². The molecule has 0 aliphatic carbocycles. The lowest BCUT2D eigenvalue weighted by Gasteiger charge is -2.19. The Morgan fingerprint density at radius 3 is 2.60 bits per heavy atom. The molecule has 2 aromatic rings. The number of carbonyl (C=O) groups excluding carboxylic acids is 2. The van der Waals surface area contributed by atoms with Gasteiger partial charge in [0.15, 0.2) is 11.6 Å². The Kier molecular flexibility index (Phi) is 6.01. The molecule has 2 atom stereocenters. The van der Waals surface area contributed by atoms with Crippen molar-refractivity contribution in [2.24, 2.45) is 13.0 Å². The van der Waals surface area contributed by atoms with Crippen molar-refractivity contribution in [3.8, 4) is 5.75 Å². The number of para-hydroxylation sites is 1. The maximum atomic E-state index is 13.9. The largest absolute Gasteiger partial charge is 0.573 e. The molecule has 0 radical (unpaired) electrons. The van der Waals surface area contributed by atoms with Crippen LogP contribution in [0.1, 0.15) is 11.5 Å². The molecule has 1 saturated heterocycles. The van der Waals surface area contributed by atoms with Gasteiger partial charge in [0.25, 0.3) is 0 Å². The highest BCUT2D eigenvalue weighted by molar-refractivity contribution is 9.10. The molecular weight excluding hydrogens is 500 g/mol. The van der Waals surface area contributed by atoms with Crippen LogP contribution in [0.25, 0.3) is 0 Å². The monoisotopic (exact) mass is 512 g/mol. The van der Waals surface area contributed by atoms with Gasteiger partial charge >= 0.3 is 6.36 Å². The Bertz CT molecular complexity index is 1010. The van der Waals surface area contributed by atoms with Crippen LogP contribution in [0.15, 0.2) is 22.8 Å². The molecular formula is C17H14BrClF4N4O3. The van der Waals surface area contributed by atoms with Gasteiger partial charge < -0.3 is 15.0 Å². The number of nitrogens with zero attached hydrogens (tertiary/aromatic N) is 3. The third-order valence-electron chi connectivity index (χ3n) is 4.58. The molecule has 2 heterocycles. The number of hydrogen-bond donors (Lipinski definition) is 1. The fraction of sp³-hybridized carbons (Fsp3) is 0.353. The second kappa shape index (κ2) is 8.06. The zero-order valence-electron chi connectivity index (χ0n) is 15.4. The number of nitrogens with one attached hydrogen (secondary N) is 1. The fourth-order valence-electron chi connectivity index (χ4n) is 3.28. The van der Waals surface area contributed by atoms with Crippen LogP contribution in [0.2, 0.25) is 5.15 Å². The number of alkyl halides is 3. The second-order valence-corrected chi connectivity index (χ2v) is 7.68. The molecule has 7 nitrogen and oxygen atoms in total. The molecule has 1 fully saturated rings. The Hall–Kier alpha value is -2.34. The quantitative estimate of drug-likeness (QED) is 0.500. The smallest absolute Gasteiger partial charge is 0.400 e. The number of aromatic nitrogens is 2. The summed E-state index contributed by atoms with van der Waals surface area (Å²) in [7, 11) is 3.04. The molecule has 30 heavy (non-hydrogen) atoms. The summed E-state index contributed by atoms with van der Waals surface area (Å²) >= 11 is 9.50. The van der Waals surface area contributed by atoms with E-state index in [1.165, 1.54) is 16.6 Å². The summed E-state index contributed by atoms with van der Waals surface area (Å²) in [6, 6.07) is 2.89. The Balaban J connectivity index is 1.96. The summed E-state index contributed by atoms with van der Waals surface area (Å²) in [4.78, 5) is 26.8. The molecule has 1 aliphatic rings. The summed E-state index contributed by atoms with van der Waals surface area (Å²) in [5.74, 6) is -6.09. The maximum absolute atomic E-state index is 13.9. The number of anilines is 1. The van der Waals surface area contributed by atoms with Gasteiger partial charge in [-0.25, -0.2) is 4.39 Å². The van der Waals surface area contributed by atoms with Gasteiger partial charge in [-0.1, -0.05) is 17.7 Å². The molecule has 1 aromatic heterocycles. The van der Waals surface area contributed by atoms with Crippen LogP contribution in [-0.4, -0.2) is 46.4 Å². The highest BCUT2D eigenvalue weighted by Gasteiger charge is 2.47. The van der Waals surface area contributed by atoms with Gasteiger partial charge in [0, 0.05) is 32.1 Å². The molecule has 13 heteroatoms. The number of halogens is 6. The van der Waals surface area contributed by atoms with Crippen molar-refractivity contribution in [2.75, 3.05) is 18.9 Å². The van der Waals surface area contributed by atoms with Crippen molar-refractivity contribution in [1.82, 2.24) is 14.7 Å². The van der Waals surface area contributed by atoms with Crippen molar-refractivity contribution in [1.29, 1.82) is 0 Å². The lowest BCUT2D eigenvalue weighted by atomic mass is 9.89. The lowest BCUT2D eigenvalue weighted by molar-refractivity contribution is -0.275.